The van der Waals surface area contributed by atoms with Crippen molar-refractivity contribution in [3.63, 3.8) is 0 Å². The highest BCUT2D eigenvalue weighted by molar-refractivity contribution is 5.97. The van der Waals surface area contributed by atoms with Crippen molar-refractivity contribution in [1.82, 2.24) is 16.0 Å². The Hall–Kier alpha value is -2.41. The monoisotopic (exact) mass is 307 g/mol. The van der Waals surface area contributed by atoms with E-state index in [1.807, 2.05) is 18.2 Å². The van der Waals surface area contributed by atoms with Crippen LogP contribution in [-0.4, -0.2) is 38.6 Å². The lowest BCUT2D eigenvalue weighted by Gasteiger charge is -2.18. The fourth-order valence-corrected chi connectivity index (χ4v) is 1.84. The Morgan fingerprint density at radius 1 is 1.18 bits per heavy atom. The van der Waals surface area contributed by atoms with E-state index in [2.05, 4.69) is 20.7 Å². The zero-order chi connectivity index (χ0) is 16.4. The second-order valence-electron chi connectivity index (χ2n) is 4.55. The number of amides is 3. The van der Waals surface area contributed by atoms with E-state index in [4.69, 9.17) is 0 Å². The number of carbonyl (C=O) groups is 3. The molecule has 0 aromatic heterocycles. The Bertz CT molecular complexity index is 505. The standard InChI is InChI=1S/C15H21N3O4/c1-16-15(21)18-14(20)13(11-7-4-3-5-8-11)17-10-6-9-12(19)22-2/h3-5,7-8,13,17H,6,9-10H2,1-2H3,(H2,16,18,20,21)/t13-/m1/s1. The number of imide groups is 1. The van der Waals surface area contributed by atoms with Crippen molar-refractivity contribution < 1.29 is 19.1 Å². The number of hydrogen-bond donors (Lipinski definition) is 3. The number of nitrogens with one attached hydrogen (secondary N) is 3. The molecule has 0 radical (unpaired) electrons. The van der Waals surface area contributed by atoms with Crippen molar-refractivity contribution in [3.8, 4) is 0 Å². The van der Waals surface area contributed by atoms with Crippen molar-refractivity contribution in [2.75, 3.05) is 20.7 Å². The van der Waals surface area contributed by atoms with Gasteiger partial charge in [0, 0.05) is 13.5 Å². The maximum atomic E-state index is 12.2. The number of rotatable bonds is 7. The first kappa shape index (κ1) is 17.6. The number of carbonyl (C=O) groups excluding carboxylic acids is 3. The molecule has 0 heterocycles. The quantitative estimate of drug-likeness (QED) is 0.509. The molecule has 0 bridgehead atoms. The van der Waals surface area contributed by atoms with Gasteiger partial charge in [-0.15, -0.1) is 0 Å². The molecule has 0 unspecified atom stereocenters. The minimum Gasteiger partial charge on any atom is -0.469 e. The van der Waals surface area contributed by atoms with Crippen molar-refractivity contribution in [2.24, 2.45) is 0 Å². The van der Waals surface area contributed by atoms with Crippen molar-refractivity contribution in [2.45, 2.75) is 18.9 Å². The normalized spacial score (nSPS) is 11.4. The SMILES string of the molecule is CNC(=O)NC(=O)[C@H](NCCCC(=O)OC)c1ccccc1. The summed E-state index contributed by atoms with van der Waals surface area (Å²) < 4.78 is 4.56. The van der Waals surface area contributed by atoms with Crippen LogP contribution in [-0.2, 0) is 14.3 Å². The Morgan fingerprint density at radius 3 is 2.45 bits per heavy atom. The lowest BCUT2D eigenvalue weighted by Crippen LogP contribution is -2.44. The van der Waals surface area contributed by atoms with Crippen molar-refractivity contribution >= 4 is 17.9 Å². The highest BCUT2D eigenvalue weighted by atomic mass is 16.5. The van der Waals surface area contributed by atoms with Gasteiger partial charge in [0.05, 0.1) is 7.11 Å². The number of hydrogen-bond acceptors (Lipinski definition) is 5. The maximum Gasteiger partial charge on any atom is 0.321 e. The Kier molecular flexibility index (Phi) is 7.63. The largest absolute Gasteiger partial charge is 0.469 e. The van der Waals surface area contributed by atoms with Gasteiger partial charge in [0.2, 0.25) is 5.91 Å². The van der Waals surface area contributed by atoms with Gasteiger partial charge < -0.3 is 15.4 Å². The number of esters is 1. The van der Waals surface area contributed by atoms with E-state index in [9.17, 15) is 14.4 Å². The summed E-state index contributed by atoms with van der Waals surface area (Å²) in [7, 11) is 2.77. The first-order valence-electron chi connectivity index (χ1n) is 6.96. The van der Waals surface area contributed by atoms with Crippen molar-refractivity contribution in [3.05, 3.63) is 35.9 Å². The lowest BCUT2D eigenvalue weighted by molar-refractivity contribution is -0.140. The molecule has 3 amide bonds. The van der Waals surface area contributed by atoms with E-state index in [1.54, 1.807) is 12.1 Å². The van der Waals surface area contributed by atoms with Gasteiger partial charge in [-0.25, -0.2) is 4.79 Å². The predicted molar refractivity (Wildman–Crippen MR) is 81.0 cm³/mol. The van der Waals surface area contributed by atoms with Gasteiger partial charge in [-0.2, -0.15) is 0 Å². The molecule has 1 atom stereocenters. The van der Waals surface area contributed by atoms with Crippen LogP contribution < -0.4 is 16.0 Å². The molecule has 7 nitrogen and oxygen atoms in total. The third-order valence-corrected chi connectivity index (χ3v) is 2.99. The summed E-state index contributed by atoms with van der Waals surface area (Å²) in [6.07, 6.45) is 0.797. The smallest absolute Gasteiger partial charge is 0.321 e. The molecule has 3 N–H and O–H groups in total. The maximum absolute atomic E-state index is 12.2. The molecule has 7 heteroatoms. The summed E-state index contributed by atoms with van der Waals surface area (Å²) in [6, 6.07) is 7.81. The van der Waals surface area contributed by atoms with Gasteiger partial charge >= 0.3 is 12.0 Å². The van der Waals surface area contributed by atoms with E-state index >= 15 is 0 Å². The van der Waals surface area contributed by atoms with Crippen LogP contribution in [0.15, 0.2) is 30.3 Å². The Labute approximate surface area is 129 Å². The summed E-state index contributed by atoms with van der Waals surface area (Å²) in [5.74, 6) is -0.753. The van der Waals surface area contributed by atoms with Gasteiger partial charge in [0.25, 0.3) is 0 Å². The second kappa shape index (κ2) is 9.51. The highest BCUT2D eigenvalue weighted by Gasteiger charge is 2.21. The van der Waals surface area contributed by atoms with Gasteiger partial charge in [-0.1, -0.05) is 30.3 Å². The first-order valence-corrected chi connectivity index (χ1v) is 6.96. The summed E-state index contributed by atoms with van der Waals surface area (Å²) in [4.78, 5) is 34.5. The molecule has 1 rings (SSSR count). The summed E-state index contributed by atoms with van der Waals surface area (Å²) in [5.41, 5.74) is 0.738. The van der Waals surface area contributed by atoms with Gasteiger partial charge in [-0.05, 0) is 18.5 Å². The number of methoxy groups -OCH3 is 1. The van der Waals surface area contributed by atoms with E-state index in [0.717, 1.165) is 5.56 Å². The molecule has 0 spiro atoms. The van der Waals surface area contributed by atoms with E-state index in [0.29, 0.717) is 13.0 Å². The highest BCUT2D eigenvalue weighted by Crippen LogP contribution is 2.12. The molecule has 0 fully saturated rings. The minimum atomic E-state index is -0.670. The third-order valence-electron chi connectivity index (χ3n) is 2.99. The predicted octanol–water partition coefficient (Wildman–Crippen LogP) is 0.726. The van der Waals surface area contributed by atoms with Crippen LogP contribution in [0.4, 0.5) is 4.79 Å². The van der Waals surface area contributed by atoms with Crippen LogP contribution in [0.1, 0.15) is 24.4 Å². The molecule has 0 aliphatic rings. The minimum absolute atomic E-state index is 0.266. The topological polar surface area (TPSA) is 96.5 Å². The second-order valence-corrected chi connectivity index (χ2v) is 4.55. The van der Waals surface area contributed by atoms with E-state index in [-0.39, 0.29) is 12.4 Å². The molecule has 0 aliphatic heterocycles. The van der Waals surface area contributed by atoms with Gasteiger partial charge in [-0.3, -0.25) is 14.9 Å². The van der Waals surface area contributed by atoms with Crippen LogP contribution >= 0.6 is 0 Å². The average molecular weight is 307 g/mol. The van der Waals surface area contributed by atoms with Crippen molar-refractivity contribution in [1.29, 1.82) is 0 Å². The molecule has 0 saturated carbocycles. The van der Waals surface area contributed by atoms with Crippen LogP contribution in [0, 0.1) is 0 Å². The molecule has 1 aromatic rings. The fourth-order valence-electron chi connectivity index (χ4n) is 1.84. The lowest BCUT2D eigenvalue weighted by atomic mass is 10.1. The summed E-state index contributed by atoms with van der Waals surface area (Å²) >= 11 is 0. The van der Waals surface area contributed by atoms with Crippen LogP contribution in [0.3, 0.4) is 0 Å². The zero-order valence-corrected chi connectivity index (χ0v) is 12.7. The van der Waals surface area contributed by atoms with Crippen LogP contribution in [0.2, 0.25) is 0 Å². The molecule has 120 valence electrons. The number of ether oxygens (including phenoxy) is 1. The van der Waals surface area contributed by atoms with Crippen LogP contribution in [0.5, 0.6) is 0 Å². The summed E-state index contributed by atoms with van der Waals surface area (Å²) in [6.45, 7) is 0.440. The summed E-state index contributed by atoms with van der Waals surface area (Å²) in [5, 5.41) is 7.62. The fraction of sp³-hybridized carbons (Fsp3) is 0.400. The number of benzene rings is 1. The number of urea groups is 1. The average Bonchev–Trinajstić information content (AvgIpc) is 2.54. The van der Waals surface area contributed by atoms with E-state index in [1.165, 1.54) is 14.2 Å². The zero-order valence-electron chi connectivity index (χ0n) is 12.7. The van der Waals surface area contributed by atoms with Crippen LogP contribution in [0.25, 0.3) is 0 Å². The molecule has 0 aliphatic carbocycles. The van der Waals surface area contributed by atoms with E-state index < -0.39 is 18.0 Å². The molecule has 22 heavy (non-hydrogen) atoms. The Morgan fingerprint density at radius 2 is 1.86 bits per heavy atom. The first-order chi connectivity index (χ1) is 10.6. The Balaban J connectivity index is 2.65. The van der Waals surface area contributed by atoms with Gasteiger partial charge in [0.15, 0.2) is 0 Å². The molecule has 0 saturated heterocycles. The third kappa shape index (κ3) is 5.92. The molecule has 1 aromatic carbocycles. The molecular weight excluding hydrogens is 286 g/mol. The van der Waals surface area contributed by atoms with Gasteiger partial charge in [0.1, 0.15) is 6.04 Å². The molecular formula is C15H21N3O4.